The van der Waals surface area contributed by atoms with Crippen molar-refractivity contribution in [1.82, 2.24) is 5.32 Å². The van der Waals surface area contributed by atoms with Gasteiger partial charge in [-0.1, -0.05) is 106 Å². The highest BCUT2D eigenvalue weighted by atomic mass is 16.2. The van der Waals surface area contributed by atoms with Crippen LogP contribution in [-0.2, 0) is 17.6 Å². The molecule has 4 rings (SSSR count). The number of anilines is 2. The maximum Gasteiger partial charge on any atom is 0.253 e. The van der Waals surface area contributed by atoms with Crippen molar-refractivity contribution in [2.24, 2.45) is 5.92 Å². The van der Waals surface area contributed by atoms with Gasteiger partial charge in [0, 0.05) is 37.4 Å². The molecule has 0 unspecified atom stereocenters. The normalized spacial score (nSPS) is 13.6. The number of amides is 2. The van der Waals surface area contributed by atoms with Crippen molar-refractivity contribution >= 4 is 23.2 Å². The van der Waals surface area contributed by atoms with Crippen LogP contribution in [0.25, 0.3) is 0 Å². The Kier molecular flexibility index (Phi) is 13.0. The molecule has 2 N–H and O–H groups in total. The minimum absolute atomic E-state index is 0.0217. The van der Waals surface area contributed by atoms with Crippen LogP contribution in [-0.4, -0.2) is 31.4 Å². The maximum absolute atomic E-state index is 13.5. The van der Waals surface area contributed by atoms with Crippen LogP contribution in [0.3, 0.4) is 0 Å². The molecule has 0 aromatic heterocycles. The Hall–Kier alpha value is -3.60. The molecule has 0 radical (unpaired) electrons. The third-order valence-corrected chi connectivity index (χ3v) is 8.40. The van der Waals surface area contributed by atoms with Crippen molar-refractivity contribution in [3.05, 3.63) is 95.6 Å². The zero-order valence-electron chi connectivity index (χ0n) is 25.5. The number of benzene rings is 3. The van der Waals surface area contributed by atoms with Crippen molar-refractivity contribution in [1.29, 1.82) is 0 Å². The Labute approximate surface area is 253 Å². The number of carbonyl (C=O) groups excluding carboxylic acids is 2. The van der Waals surface area contributed by atoms with E-state index in [2.05, 4.69) is 64.9 Å². The first-order valence-corrected chi connectivity index (χ1v) is 16.2. The predicted octanol–water partition coefficient (Wildman–Crippen LogP) is 8.20. The third-order valence-electron chi connectivity index (χ3n) is 8.40. The second-order valence-corrected chi connectivity index (χ2v) is 11.8. The summed E-state index contributed by atoms with van der Waals surface area (Å²) in [6, 6.07) is 26.8. The number of rotatable bonds is 16. The van der Waals surface area contributed by atoms with Gasteiger partial charge in [0.1, 0.15) is 0 Å². The molecule has 42 heavy (non-hydrogen) atoms. The number of carbonyl (C=O) groups is 2. The van der Waals surface area contributed by atoms with Crippen LogP contribution in [0.4, 0.5) is 11.4 Å². The van der Waals surface area contributed by atoms with Crippen molar-refractivity contribution < 1.29 is 9.59 Å². The van der Waals surface area contributed by atoms with Crippen molar-refractivity contribution in [2.45, 2.75) is 84.0 Å². The van der Waals surface area contributed by atoms with E-state index < -0.39 is 0 Å². The molecular weight excluding hydrogens is 518 g/mol. The molecular formula is C37H49N3O2. The van der Waals surface area contributed by atoms with Crippen molar-refractivity contribution in [3.8, 4) is 0 Å². The van der Waals surface area contributed by atoms with Gasteiger partial charge in [0.15, 0.2) is 0 Å². The van der Waals surface area contributed by atoms with Gasteiger partial charge in [0.2, 0.25) is 5.91 Å². The van der Waals surface area contributed by atoms with Gasteiger partial charge < -0.3 is 15.5 Å². The minimum atomic E-state index is -0.0875. The van der Waals surface area contributed by atoms with E-state index in [4.69, 9.17) is 0 Å². The summed E-state index contributed by atoms with van der Waals surface area (Å²) in [5, 5.41) is 6.19. The molecule has 1 heterocycles. The Morgan fingerprint density at radius 3 is 2.12 bits per heavy atom. The van der Waals surface area contributed by atoms with Crippen LogP contribution >= 0.6 is 0 Å². The van der Waals surface area contributed by atoms with Gasteiger partial charge in [-0.25, -0.2) is 0 Å². The summed E-state index contributed by atoms with van der Waals surface area (Å²) in [4.78, 5) is 28.6. The lowest BCUT2D eigenvalue weighted by atomic mass is 9.89. The van der Waals surface area contributed by atoms with E-state index in [0.29, 0.717) is 30.1 Å². The zero-order valence-corrected chi connectivity index (χ0v) is 25.5. The van der Waals surface area contributed by atoms with Crippen molar-refractivity contribution in [2.75, 3.05) is 29.9 Å². The van der Waals surface area contributed by atoms with Crippen LogP contribution in [0, 0.1) is 5.92 Å². The fraction of sp³-hybridized carbons (Fsp3) is 0.459. The largest absolute Gasteiger partial charge is 0.371 e. The lowest BCUT2D eigenvalue weighted by molar-refractivity contribution is -0.116. The molecule has 1 aliphatic rings. The molecule has 3 aromatic rings. The Balaban J connectivity index is 1.36. The van der Waals surface area contributed by atoms with E-state index >= 15 is 0 Å². The zero-order chi connectivity index (χ0) is 29.4. The molecule has 0 saturated carbocycles. The van der Waals surface area contributed by atoms with Gasteiger partial charge in [0.25, 0.3) is 5.91 Å². The number of unbranched alkanes of at least 4 members (excludes halogenated alkanes) is 6. The quantitative estimate of drug-likeness (QED) is 0.172. The molecule has 1 aliphatic heterocycles. The van der Waals surface area contributed by atoms with Crippen LogP contribution in [0.15, 0.2) is 78.9 Å². The highest BCUT2D eigenvalue weighted by Crippen LogP contribution is 2.30. The molecule has 1 saturated heterocycles. The number of nitrogens with one attached hydrogen (secondary N) is 2. The SMILES string of the molecule is CCCCCCCCCC(=O)Nc1ccc(N2CCC(Cc3ccccc3)CC2)c(C(=O)NCCc2ccccc2)c1. The van der Waals surface area contributed by atoms with E-state index in [0.717, 1.165) is 57.3 Å². The summed E-state index contributed by atoms with van der Waals surface area (Å²) in [7, 11) is 0. The van der Waals surface area contributed by atoms with Gasteiger partial charge in [-0.3, -0.25) is 9.59 Å². The molecule has 0 spiro atoms. The number of piperidine rings is 1. The minimum Gasteiger partial charge on any atom is -0.371 e. The van der Waals surface area contributed by atoms with E-state index in [9.17, 15) is 9.59 Å². The molecule has 1 fully saturated rings. The van der Waals surface area contributed by atoms with Gasteiger partial charge in [0.05, 0.1) is 5.56 Å². The second kappa shape index (κ2) is 17.4. The van der Waals surface area contributed by atoms with Gasteiger partial charge in [-0.2, -0.15) is 0 Å². The Bertz CT molecular complexity index is 1220. The fourth-order valence-electron chi connectivity index (χ4n) is 5.92. The maximum atomic E-state index is 13.5. The molecule has 0 bridgehead atoms. The predicted molar refractivity (Wildman–Crippen MR) is 175 cm³/mol. The molecule has 2 amide bonds. The smallest absolute Gasteiger partial charge is 0.253 e. The average molecular weight is 568 g/mol. The first-order valence-electron chi connectivity index (χ1n) is 16.2. The lowest BCUT2D eigenvalue weighted by Crippen LogP contribution is -2.36. The van der Waals surface area contributed by atoms with E-state index in [1.165, 1.54) is 43.2 Å². The van der Waals surface area contributed by atoms with E-state index in [1.807, 2.05) is 36.4 Å². The first kappa shape index (κ1) is 31.3. The molecule has 3 aromatic carbocycles. The number of hydrogen-bond donors (Lipinski definition) is 2. The lowest BCUT2D eigenvalue weighted by Gasteiger charge is -2.35. The number of nitrogens with zero attached hydrogens (tertiary/aromatic N) is 1. The van der Waals surface area contributed by atoms with Gasteiger partial charge in [-0.05, 0) is 67.3 Å². The van der Waals surface area contributed by atoms with Crippen LogP contribution in [0.5, 0.6) is 0 Å². The summed E-state index contributed by atoms with van der Waals surface area (Å²) in [6.45, 7) is 4.64. The van der Waals surface area contributed by atoms with E-state index in [-0.39, 0.29) is 11.8 Å². The Morgan fingerprint density at radius 2 is 1.43 bits per heavy atom. The van der Waals surface area contributed by atoms with Crippen LogP contribution in [0.1, 0.15) is 92.6 Å². The topological polar surface area (TPSA) is 61.4 Å². The summed E-state index contributed by atoms with van der Waals surface area (Å²) in [6.07, 6.45) is 12.9. The molecule has 5 nitrogen and oxygen atoms in total. The second-order valence-electron chi connectivity index (χ2n) is 11.8. The summed E-state index contributed by atoms with van der Waals surface area (Å²) < 4.78 is 0. The third kappa shape index (κ3) is 10.3. The summed E-state index contributed by atoms with van der Waals surface area (Å²) in [5.74, 6) is 0.584. The monoisotopic (exact) mass is 567 g/mol. The Morgan fingerprint density at radius 1 is 0.786 bits per heavy atom. The fourth-order valence-corrected chi connectivity index (χ4v) is 5.92. The highest BCUT2D eigenvalue weighted by molar-refractivity contribution is 6.02. The first-order chi connectivity index (χ1) is 20.6. The number of hydrogen-bond acceptors (Lipinski definition) is 3. The molecule has 5 heteroatoms. The summed E-state index contributed by atoms with van der Waals surface area (Å²) in [5.41, 5.74) is 4.88. The van der Waals surface area contributed by atoms with Gasteiger partial charge >= 0.3 is 0 Å². The highest BCUT2D eigenvalue weighted by Gasteiger charge is 2.24. The molecule has 0 aliphatic carbocycles. The molecule has 224 valence electrons. The van der Waals surface area contributed by atoms with E-state index in [1.54, 1.807) is 0 Å². The van der Waals surface area contributed by atoms with Crippen LogP contribution in [0.2, 0.25) is 0 Å². The van der Waals surface area contributed by atoms with Gasteiger partial charge in [-0.15, -0.1) is 0 Å². The standard InChI is InChI=1S/C37H49N3O2/c1-2-3-4-5-6-7-14-19-36(41)39-33-20-21-35(34(29-33)37(42)38-25-22-30-15-10-8-11-16-30)40-26-23-32(24-27-40)28-31-17-12-9-13-18-31/h8-13,15-18,20-21,29,32H,2-7,14,19,22-28H2,1H3,(H,38,42)(H,39,41). The molecule has 0 atom stereocenters. The van der Waals surface area contributed by atoms with Crippen LogP contribution < -0.4 is 15.5 Å². The van der Waals surface area contributed by atoms with Crippen molar-refractivity contribution in [3.63, 3.8) is 0 Å². The average Bonchev–Trinajstić information content (AvgIpc) is 3.02. The summed E-state index contributed by atoms with van der Waals surface area (Å²) >= 11 is 0.